The zero-order valence-electron chi connectivity index (χ0n) is 19.9. The average Bonchev–Trinajstić information content (AvgIpc) is 2.81. The first-order valence-corrected chi connectivity index (χ1v) is 11.1. The van der Waals surface area contributed by atoms with E-state index in [0.717, 1.165) is 16.7 Å². The van der Waals surface area contributed by atoms with Crippen molar-refractivity contribution in [2.75, 3.05) is 40.5 Å². The van der Waals surface area contributed by atoms with E-state index < -0.39 is 6.10 Å². The Morgan fingerprint density at radius 3 is 2.67 bits per heavy atom. The van der Waals surface area contributed by atoms with Gasteiger partial charge in [0.15, 0.2) is 0 Å². The van der Waals surface area contributed by atoms with Gasteiger partial charge >= 0.3 is 0 Å². The molecule has 2 aromatic rings. The smallest absolute Gasteiger partial charge is 0.259 e. The van der Waals surface area contributed by atoms with Gasteiger partial charge in [-0.05, 0) is 25.5 Å². The Bertz CT molecular complexity index is 979. The summed E-state index contributed by atoms with van der Waals surface area (Å²) in [4.78, 5) is 33.5. The van der Waals surface area contributed by atoms with Gasteiger partial charge < -0.3 is 24.4 Å². The molecule has 0 bridgehead atoms. The molecule has 3 rings (SSSR count). The lowest BCUT2D eigenvalue weighted by Crippen LogP contribution is -2.50. The number of carbonyl (C=O) groups is 2. The number of hydrogen-bond donors (Lipinski definition) is 1. The predicted molar refractivity (Wildman–Crippen MR) is 125 cm³/mol. The number of nitrogens with zero attached hydrogens (tertiary/aromatic N) is 3. The number of pyridine rings is 1. The lowest BCUT2D eigenvalue weighted by molar-refractivity contribution is -0.135. The molecular weight excluding hydrogens is 422 g/mol. The largest absolute Gasteiger partial charge is 0.472 e. The van der Waals surface area contributed by atoms with Gasteiger partial charge in [0, 0.05) is 38.4 Å². The molecule has 1 aliphatic heterocycles. The van der Waals surface area contributed by atoms with E-state index in [4.69, 9.17) is 9.47 Å². The molecule has 0 fully saturated rings. The predicted octanol–water partition coefficient (Wildman–Crippen LogP) is 2.38. The number of hydrogen-bond acceptors (Lipinski definition) is 6. The number of benzene rings is 1. The number of carbonyl (C=O) groups excluding carboxylic acids is 2. The fourth-order valence-electron chi connectivity index (χ4n) is 3.83. The van der Waals surface area contributed by atoms with Gasteiger partial charge in [-0.25, -0.2) is 4.98 Å². The van der Waals surface area contributed by atoms with Crippen LogP contribution in [0, 0.1) is 12.8 Å². The molecule has 0 aliphatic carbocycles. The third kappa shape index (κ3) is 5.69. The van der Waals surface area contributed by atoms with Crippen LogP contribution in [0.25, 0.3) is 11.1 Å². The molecule has 2 amide bonds. The number of aliphatic hydroxyl groups is 1. The number of ether oxygens (including phenoxy) is 2. The van der Waals surface area contributed by atoms with E-state index in [-0.39, 0.29) is 42.9 Å². The van der Waals surface area contributed by atoms with E-state index in [2.05, 4.69) is 4.98 Å². The van der Waals surface area contributed by atoms with Gasteiger partial charge in [-0.1, -0.05) is 36.8 Å². The standard InChI is InChI=1S/C25H33N3O5/c1-16-6-8-19(9-7-16)20-10-21-24(26-11-20)33-22(13-27(4)23(30)15-32-5)17(2)12-28(25(21)31)18(3)14-29/h6-11,17-18,22,29H,12-15H2,1-5H3/t17-,18-,22-/m0/s1. The fourth-order valence-corrected chi connectivity index (χ4v) is 3.83. The van der Waals surface area contributed by atoms with Crippen LogP contribution in [0.4, 0.5) is 0 Å². The van der Waals surface area contributed by atoms with Crippen LogP contribution in [0.2, 0.25) is 0 Å². The highest BCUT2D eigenvalue weighted by atomic mass is 16.5. The first kappa shape index (κ1) is 24.7. The van der Waals surface area contributed by atoms with E-state index in [9.17, 15) is 14.7 Å². The highest BCUT2D eigenvalue weighted by Gasteiger charge is 2.34. The first-order valence-electron chi connectivity index (χ1n) is 11.1. The molecular formula is C25H33N3O5. The van der Waals surface area contributed by atoms with E-state index in [0.29, 0.717) is 18.7 Å². The Morgan fingerprint density at radius 1 is 1.33 bits per heavy atom. The highest BCUT2D eigenvalue weighted by Crippen LogP contribution is 2.30. The summed E-state index contributed by atoms with van der Waals surface area (Å²) in [5.74, 6) is -0.264. The molecule has 1 aromatic heterocycles. The number of rotatable bonds is 7. The number of aromatic nitrogens is 1. The second-order valence-corrected chi connectivity index (χ2v) is 8.77. The second kappa shape index (κ2) is 10.8. The van der Waals surface area contributed by atoms with Gasteiger partial charge in [-0.15, -0.1) is 0 Å². The zero-order chi connectivity index (χ0) is 24.1. The number of fused-ring (bicyclic) bond motifs is 1. The zero-order valence-corrected chi connectivity index (χ0v) is 19.9. The Kier molecular flexibility index (Phi) is 8.05. The molecule has 8 heteroatoms. The molecule has 0 unspecified atom stereocenters. The van der Waals surface area contributed by atoms with Gasteiger partial charge in [0.2, 0.25) is 11.8 Å². The average molecular weight is 456 g/mol. The monoisotopic (exact) mass is 455 g/mol. The topological polar surface area (TPSA) is 92.2 Å². The fraction of sp³-hybridized carbons (Fsp3) is 0.480. The van der Waals surface area contributed by atoms with Crippen LogP contribution in [-0.4, -0.2) is 84.3 Å². The molecule has 178 valence electrons. The molecule has 0 spiro atoms. The first-order chi connectivity index (χ1) is 15.7. The third-order valence-corrected chi connectivity index (χ3v) is 6.05. The van der Waals surface area contributed by atoms with Gasteiger partial charge in [0.1, 0.15) is 18.3 Å². The number of amides is 2. The van der Waals surface area contributed by atoms with Crippen molar-refractivity contribution >= 4 is 11.8 Å². The van der Waals surface area contributed by atoms with E-state index in [1.54, 1.807) is 29.1 Å². The Hall–Kier alpha value is -2.97. The SMILES string of the molecule is COCC(=O)N(C)C[C@@H]1Oc2ncc(-c3ccc(C)cc3)cc2C(=O)N([C@@H](C)CO)C[C@@H]1C. The van der Waals surface area contributed by atoms with Crippen molar-refractivity contribution in [3.8, 4) is 17.0 Å². The van der Waals surface area contributed by atoms with E-state index in [1.807, 2.05) is 45.0 Å². The molecule has 1 aliphatic rings. The number of aryl methyl sites for hydroxylation is 1. The van der Waals surface area contributed by atoms with Crippen molar-refractivity contribution in [1.82, 2.24) is 14.8 Å². The molecule has 2 heterocycles. The summed E-state index contributed by atoms with van der Waals surface area (Å²) in [6, 6.07) is 9.41. The number of aliphatic hydroxyl groups excluding tert-OH is 1. The minimum atomic E-state index is -0.395. The van der Waals surface area contributed by atoms with Crippen LogP contribution < -0.4 is 4.74 Å². The van der Waals surface area contributed by atoms with Crippen LogP contribution in [-0.2, 0) is 9.53 Å². The summed E-state index contributed by atoms with van der Waals surface area (Å²) >= 11 is 0. The normalized spacial score (nSPS) is 19.2. The van der Waals surface area contributed by atoms with Crippen molar-refractivity contribution in [1.29, 1.82) is 0 Å². The quantitative estimate of drug-likeness (QED) is 0.689. The Balaban J connectivity index is 2.00. The molecule has 33 heavy (non-hydrogen) atoms. The Labute approximate surface area is 195 Å². The maximum atomic E-state index is 13.5. The lowest BCUT2D eigenvalue weighted by atomic mass is 9.99. The van der Waals surface area contributed by atoms with Crippen molar-refractivity contribution < 1.29 is 24.2 Å². The van der Waals surface area contributed by atoms with Crippen LogP contribution in [0.3, 0.4) is 0 Å². The highest BCUT2D eigenvalue weighted by molar-refractivity contribution is 5.98. The van der Waals surface area contributed by atoms with Gasteiger partial charge in [0.05, 0.1) is 19.2 Å². The minimum absolute atomic E-state index is 0.0154. The lowest BCUT2D eigenvalue weighted by Gasteiger charge is -2.37. The third-order valence-electron chi connectivity index (χ3n) is 6.05. The molecule has 8 nitrogen and oxygen atoms in total. The van der Waals surface area contributed by atoms with E-state index >= 15 is 0 Å². The van der Waals surface area contributed by atoms with Gasteiger partial charge in [-0.3, -0.25) is 9.59 Å². The number of likely N-dealkylation sites (N-methyl/N-ethyl adjacent to an activating group) is 1. The molecule has 1 aromatic carbocycles. The molecule has 0 saturated carbocycles. The van der Waals surface area contributed by atoms with Crippen molar-refractivity contribution in [3.63, 3.8) is 0 Å². The molecule has 1 N–H and O–H groups in total. The van der Waals surface area contributed by atoms with Crippen molar-refractivity contribution in [3.05, 3.63) is 47.7 Å². The van der Waals surface area contributed by atoms with Gasteiger partial charge in [-0.2, -0.15) is 0 Å². The maximum Gasteiger partial charge on any atom is 0.259 e. The number of methoxy groups -OCH3 is 1. The van der Waals surface area contributed by atoms with Crippen LogP contribution in [0.5, 0.6) is 5.88 Å². The maximum absolute atomic E-state index is 13.5. The summed E-state index contributed by atoms with van der Waals surface area (Å²) in [7, 11) is 3.18. The summed E-state index contributed by atoms with van der Waals surface area (Å²) in [5.41, 5.74) is 3.24. The van der Waals surface area contributed by atoms with Crippen molar-refractivity contribution in [2.45, 2.75) is 32.9 Å². The molecule has 0 saturated heterocycles. The minimum Gasteiger partial charge on any atom is -0.472 e. The second-order valence-electron chi connectivity index (χ2n) is 8.77. The van der Waals surface area contributed by atoms with Crippen LogP contribution in [0.15, 0.2) is 36.5 Å². The van der Waals surface area contributed by atoms with Crippen LogP contribution >= 0.6 is 0 Å². The summed E-state index contributed by atoms with van der Waals surface area (Å²) < 4.78 is 11.2. The summed E-state index contributed by atoms with van der Waals surface area (Å²) in [6.45, 7) is 6.33. The molecule has 3 atom stereocenters. The van der Waals surface area contributed by atoms with E-state index in [1.165, 1.54) is 7.11 Å². The Morgan fingerprint density at radius 2 is 2.03 bits per heavy atom. The molecule has 0 radical (unpaired) electrons. The van der Waals surface area contributed by atoms with Gasteiger partial charge in [0.25, 0.3) is 5.91 Å². The summed E-state index contributed by atoms with van der Waals surface area (Å²) in [5, 5.41) is 9.80. The van der Waals surface area contributed by atoms with Crippen LogP contribution in [0.1, 0.15) is 29.8 Å². The van der Waals surface area contributed by atoms with Crippen molar-refractivity contribution in [2.24, 2.45) is 5.92 Å². The summed E-state index contributed by atoms with van der Waals surface area (Å²) in [6.07, 6.45) is 1.30.